The third-order valence-corrected chi connectivity index (χ3v) is 2.93. The van der Waals surface area contributed by atoms with Gasteiger partial charge in [0.1, 0.15) is 0 Å². The largest absolute Gasteiger partial charge is 0.370 e. The van der Waals surface area contributed by atoms with Crippen LogP contribution in [0.4, 0.5) is 5.69 Å². The summed E-state index contributed by atoms with van der Waals surface area (Å²) in [4.78, 5) is 2.37. The van der Waals surface area contributed by atoms with Crippen molar-refractivity contribution in [2.75, 3.05) is 18.0 Å². The van der Waals surface area contributed by atoms with E-state index in [1.165, 1.54) is 11.3 Å². The Morgan fingerprint density at radius 3 is 2.57 bits per heavy atom. The first-order chi connectivity index (χ1) is 6.79. The van der Waals surface area contributed by atoms with E-state index in [1.807, 2.05) is 0 Å². The van der Waals surface area contributed by atoms with Crippen molar-refractivity contribution in [2.24, 2.45) is 5.73 Å². The summed E-state index contributed by atoms with van der Waals surface area (Å²) in [5.74, 6) is 0. The minimum absolute atomic E-state index is 0.362. The number of nitrogens with two attached hydrogens (primary N) is 1. The second-order valence-corrected chi connectivity index (χ2v) is 4.01. The zero-order chi connectivity index (χ0) is 9.97. The Morgan fingerprint density at radius 2 is 2.07 bits per heavy atom. The smallest absolute Gasteiger partial charge is 0.0366 e. The third kappa shape index (κ3) is 1.90. The molecule has 0 bridgehead atoms. The molecule has 2 rings (SSSR count). The summed E-state index contributed by atoms with van der Waals surface area (Å²) < 4.78 is 0. The van der Waals surface area contributed by atoms with Crippen LogP contribution in [0.15, 0.2) is 24.3 Å². The van der Waals surface area contributed by atoms with Crippen LogP contribution in [0, 0.1) is 0 Å². The van der Waals surface area contributed by atoms with E-state index in [0.29, 0.717) is 6.04 Å². The molecule has 0 aromatic heterocycles. The van der Waals surface area contributed by atoms with Crippen LogP contribution >= 0.6 is 0 Å². The van der Waals surface area contributed by atoms with Crippen LogP contribution in [0.25, 0.3) is 0 Å². The van der Waals surface area contributed by atoms with Gasteiger partial charge in [-0.2, -0.15) is 0 Å². The molecule has 0 spiro atoms. The Bertz CT molecular complexity index is 292. The van der Waals surface area contributed by atoms with E-state index in [2.05, 4.69) is 36.1 Å². The second-order valence-electron chi connectivity index (χ2n) is 4.01. The van der Waals surface area contributed by atoms with Gasteiger partial charge in [-0.15, -0.1) is 0 Å². The molecule has 76 valence electrons. The van der Waals surface area contributed by atoms with Gasteiger partial charge in [0.05, 0.1) is 0 Å². The minimum Gasteiger partial charge on any atom is -0.370 e. The van der Waals surface area contributed by atoms with E-state index in [4.69, 9.17) is 5.73 Å². The topological polar surface area (TPSA) is 29.3 Å². The molecule has 2 nitrogen and oxygen atoms in total. The lowest BCUT2D eigenvalue weighted by Gasteiger charge is -2.18. The molecule has 1 atom stereocenters. The standard InChI is InChI=1S/C12H18N2/c1-2-10-3-5-12(6-4-10)14-8-7-11(13)9-14/h3-6,11H,2,7-9,13H2,1H3. The molecule has 1 aromatic carbocycles. The van der Waals surface area contributed by atoms with Gasteiger partial charge in [-0.1, -0.05) is 19.1 Å². The van der Waals surface area contributed by atoms with Crippen LogP contribution < -0.4 is 10.6 Å². The van der Waals surface area contributed by atoms with Gasteiger partial charge in [-0.3, -0.25) is 0 Å². The highest BCUT2D eigenvalue weighted by Gasteiger charge is 2.18. The van der Waals surface area contributed by atoms with Crippen LogP contribution in [0.1, 0.15) is 18.9 Å². The van der Waals surface area contributed by atoms with Crippen LogP contribution in [-0.4, -0.2) is 19.1 Å². The summed E-state index contributed by atoms with van der Waals surface area (Å²) in [6.45, 7) is 4.29. The number of rotatable bonds is 2. The maximum Gasteiger partial charge on any atom is 0.0366 e. The lowest BCUT2D eigenvalue weighted by molar-refractivity contribution is 0.752. The molecular weight excluding hydrogens is 172 g/mol. The molecule has 1 unspecified atom stereocenters. The number of hydrogen-bond acceptors (Lipinski definition) is 2. The summed E-state index contributed by atoms with van der Waals surface area (Å²) in [5, 5.41) is 0. The summed E-state index contributed by atoms with van der Waals surface area (Å²) in [6, 6.07) is 9.19. The maximum atomic E-state index is 5.88. The number of aryl methyl sites for hydroxylation is 1. The predicted octanol–water partition coefficient (Wildman–Crippen LogP) is 1.79. The number of hydrogen-bond donors (Lipinski definition) is 1. The molecule has 1 aliphatic rings. The fourth-order valence-electron chi connectivity index (χ4n) is 1.96. The van der Waals surface area contributed by atoms with E-state index in [0.717, 1.165) is 25.9 Å². The van der Waals surface area contributed by atoms with Crippen molar-refractivity contribution in [3.8, 4) is 0 Å². The molecule has 1 aromatic rings. The lowest BCUT2D eigenvalue weighted by Crippen LogP contribution is -2.26. The molecule has 14 heavy (non-hydrogen) atoms. The van der Waals surface area contributed by atoms with Crippen molar-refractivity contribution >= 4 is 5.69 Å². The monoisotopic (exact) mass is 190 g/mol. The normalized spacial score (nSPS) is 21.6. The Kier molecular flexibility index (Phi) is 2.73. The van der Waals surface area contributed by atoms with Crippen molar-refractivity contribution in [3.63, 3.8) is 0 Å². The Labute approximate surface area is 85.7 Å². The fourth-order valence-corrected chi connectivity index (χ4v) is 1.96. The summed E-state index contributed by atoms with van der Waals surface area (Å²) in [7, 11) is 0. The molecule has 0 saturated carbocycles. The molecular formula is C12H18N2. The third-order valence-electron chi connectivity index (χ3n) is 2.93. The zero-order valence-electron chi connectivity index (χ0n) is 8.74. The van der Waals surface area contributed by atoms with E-state index >= 15 is 0 Å². The average Bonchev–Trinajstić information content (AvgIpc) is 2.65. The van der Waals surface area contributed by atoms with Crippen molar-refractivity contribution in [2.45, 2.75) is 25.8 Å². The fraction of sp³-hybridized carbons (Fsp3) is 0.500. The van der Waals surface area contributed by atoms with Crippen molar-refractivity contribution in [3.05, 3.63) is 29.8 Å². The summed E-state index contributed by atoms with van der Waals surface area (Å²) in [5.41, 5.74) is 8.59. The van der Waals surface area contributed by atoms with Gasteiger partial charge in [-0.25, -0.2) is 0 Å². The molecule has 1 aliphatic heterocycles. The molecule has 0 radical (unpaired) electrons. The van der Waals surface area contributed by atoms with Gasteiger partial charge in [0.15, 0.2) is 0 Å². The van der Waals surface area contributed by atoms with Crippen LogP contribution in [0.5, 0.6) is 0 Å². The Morgan fingerprint density at radius 1 is 1.36 bits per heavy atom. The van der Waals surface area contributed by atoms with Crippen molar-refractivity contribution in [1.82, 2.24) is 0 Å². The quantitative estimate of drug-likeness (QED) is 0.770. The minimum atomic E-state index is 0.362. The highest BCUT2D eigenvalue weighted by molar-refractivity contribution is 5.48. The Hall–Kier alpha value is -1.02. The van der Waals surface area contributed by atoms with Gasteiger partial charge >= 0.3 is 0 Å². The van der Waals surface area contributed by atoms with E-state index in [1.54, 1.807) is 0 Å². The van der Waals surface area contributed by atoms with Crippen LogP contribution in [0.3, 0.4) is 0 Å². The van der Waals surface area contributed by atoms with Crippen molar-refractivity contribution in [1.29, 1.82) is 0 Å². The SMILES string of the molecule is CCc1ccc(N2CCC(N)C2)cc1. The summed E-state index contributed by atoms with van der Waals surface area (Å²) >= 11 is 0. The van der Waals surface area contributed by atoms with E-state index < -0.39 is 0 Å². The van der Waals surface area contributed by atoms with E-state index in [-0.39, 0.29) is 0 Å². The first-order valence-electron chi connectivity index (χ1n) is 5.39. The zero-order valence-corrected chi connectivity index (χ0v) is 8.74. The predicted molar refractivity (Wildman–Crippen MR) is 60.6 cm³/mol. The highest BCUT2D eigenvalue weighted by atomic mass is 15.2. The van der Waals surface area contributed by atoms with E-state index in [9.17, 15) is 0 Å². The average molecular weight is 190 g/mol. The molecule has 1 saturated heterocycles. The molecule has 2 heteroatoms. The van der Waals surface area contributed by atoms with Gasteiger partial charge in [0.25, 0.3) is 0 Å². The van der Waals surface area contributed by atoms with Gasteiger partial charge < -0.3 is 10.6 Å². The van der Waals surface area contributed by atoms with Gasteiger partial charge in [-0.05, 0) is 30.5 Å². The number of anilines is 1. The Balaban J connectivity index is 2.09. The molecule has 1 fully saturated rings. The second kappa shape index (κ2) is 4.01. The number of nitrogens with zero attached hydrogens (tertiary/aromatic N) is 1. The first-order valence-corrected chi connectivity index (χ1v) is 5.39. The highest BCUT2D eigenvalue weighted by Crippen LogP contribution is 2.20. The maximum absolute atomic E-state index is 5.88. The molecule has 1 heterocycles. The first kappa shape index (κ1) is 9.53. The molecule has 2 N–H and O–H groups in total. The molecule has 0 amide bonds. The number of benzene rings is 1. The van der Waals surface area contributed by atoms with Gasteiger partial charge in [0, 0.05) is 24.8 Å². The lowest BCUT2D eigenvalue weighted by atomic mass is 10.1. The van der Waals surface area contributed by atoms with Crippen molar-refractivity contribution < 1.29 is 0 Å². The molecule has 0 aliphatic carbocycles. The summed E-state index contributed by atoms with van der Waals surface area (Å²) in [6.07, 6.45) is 2.23. The van der Waals surface area contributed by atoms with Gasteiger partial charge in [0.2, 0.25) is 0 Å². The van der Waals surface area contributed by atoms with Crippen LogP contribution in [0.2, 0.25) is 0 Å². The van der Waals surface area contributed by atoms with Crippen LogP contribution in [-0.2, 0) is 6.42 Å².